The van der Waals surface area contributed by atoms with Gasteiger partial charge in [0.1, 0.15) is 18.0 Å². The van der Waals surface area contributed by atoms with E-state index in [-0.39, 0.29) is 24.1 Å². The molecule has 1 aliphatic heterocycles. The van der Waals surface area contributed by atoms with Gasteiger partial charge in [-0.15, -0.1) is 0 Å². The quantitative estimate of drug-likeness (QED) is 0.263. The molecule has 2 heterocycles. The van der Waals surface area contributed by atoms with Gasteiger partial charge >= 0.3 is 6.11 Å². The second kappa shape index (κ2) is 12.0. The Kier molecular flexibility index (Phi) is 8.78. The largest absolute Gasteiger partial charge is 0.433 e. The molecule has 0 bridgehead atoms. The minimum absolute atomic E-state index is 0.106. The number of benzene rings is 2. The molecule has 1 saturated heterocycles. The van der Waals surface area contributed by atoms with Crippen molar-refractivity contribution in [1.82, 2.24) is 4.57 Å². The Labute approximate surface area is 220 Å². The summed E-state index contributed by atoms with van der Waals surface area (Å²) in [7, 11) is 4.76. The van der Waals surface area contributed by atoms with Crippen molar-refractivity contribution in [1.29, 1.82) is 0 Å². The van der Waals surface area contributed by atoms with Crippen LogP contribution < -0.4 is 4.74 Å². The third-order valence-corrected chi connectivity index (χ3v) is 6.28. The standard InChI is InChI=1S/C28H32F2N2O6/c1-18-24(33-3)25(34-4)26(35-5)27(36-18)38-31-16-19-6-8-20(9-7-19)21-14-15-32(17-21)22-10-12-23(13-11-22)37-28(2,29)30/h6-18,24-27H,1-5H3/b31-16+/t18-,24-,25+,26+,27-/m0/s1. The van der Waals surface area contributed by atoms with Gasteiger partial charge in [0.05, 0.1) is 12.3 Å². The number of hydrogen-bond donors (Lipinski definition) is 0. The van der Waals surface area contributed by atoms with Crippen molar-refractivity contribution >= 4 is 6.21 Å². The lowest BCUT2D eigenvalue weighted by Crippen LogP contribution is -2.59. The van der Waals surface area contributed by atoms with Crippen molar-refractivity contribution in [2.24, 2.45) is 5.16 Å². The summed E-state index contributed by atoms with van der Waals surface area (Å²) >= 11 is 0. The van der Waals surface area contributed by atoms with Gasteiger partial charge in [-0.2, -0.15) is 8.78 Å². The van der Waals surface area contributed by atoms with Crippen LogP contribution in [0.2, 0.25) is 0 Å². The highest BCUT2D eigenvalue weighted by Gasteiger charge is 2.46. The van der Waals surface area contributed by atoms with E-state index in [4.69, 9.17) is 23.8 Å². The predicted molar refractivity (Wildman–Crippen MR) is 138 cm³/mol. The SMILES string of the molecule is CO[C@@H]1[C@@H](OC)[C@H](C)O[C@@H](O/N=C/c2ccc(-c3ccn(-c4ccc(OC(C)(F)F)cc4)c3)cc2)[C@@H]1OC. The Hall–Kier alpha value is -3.31. The molecule has 0 N–H and O–H groups in total. The van der Waals surface area contributed by atoms with Gasteiger partial charge in [0.25, 0.3) is 6.29 Å². The Morgan fingerprint density at radius 3 is 2.13 bits per heavy atom. The molecular formula is C28H32F2N2O6. The molecule has 1 fully saturated rings. The minimum atomic E-state index is -3.22. The summed E-state index contributed by atoms with van der Waals surface area (Å²) in [5.74, 6) is 0.106. The second-order valence-corrected chi connectivity index (χ2v) is 8.98. The normalized spacial score (nSPS) is 24.0. The summed E-state index contributed by atoms with van der Waals surface area (Å²) in [6.07, 6.45) is 0.0531. The predicted octanol–water partition coefficient (Wildman–Crippen LogP) is 5.28. The van der Waals surface area contributed by atoms with Gasteiger partial charge < -0.3 is 33.1 Å². The lowest BCUT2D eigenvalue weighted by Gasteiger charge is -2.42. The zero-order valence-corrected chi connectivity index (χ0v) is 21.9. The van der Waals surface area contributed by atoms with Crippen LogP contribution in [0.4, 0.5) is 8.78 Å². The number of methoxy groups -OCH3 is 3. The van der Waals surface area contributed by atoms with Gasteiger partial charge in [0.15, 0.2) is 6.10 Å². The minimum Gasteiger partial charge on any atom is -0.433 e. The molecule has 38 heavy (non-hydrogen) atoms. The van der Waals surface area contributed by atoms with Crippen LogP contribution >= 0.6 is 0 Å². The molecule has 2 aromatic carbocycles. The van der Waals surface area contributed by atoms with Gasteiger partial charge in [-0.1, -0.05) is 29.4 Å². The summed E-state index contributed by atoms with van der Waals surface area (Å²) in [5.41, 5.74) is 3.67. The lowest BCUT2D eigenvalue weighted by molar-refractivity contribution is -0.305. The highest BCUT2D eigenvalue weighted by atomic mass is 19.3. The number of halogens is 2. The molecule has 204 valence electrons. The molecule has 0 aliphatic carbocycles. The van der Waals surface area contributed by atoms with Crippen molar-refractivity contribution in [3.63, 3.8) is 0 Å². The third-order valence-electron chi connectivity index (χ3n) is 6.28. The first-order chi connectivity index (χ1) is 18.2. The average molecular weight is 531 g/mol. The number of ether oxygens (including phenoxy) is 5. The smallest absolute Gasteiger partial charge is 0.394 e. The molecule has 0 radical (unpaired) electrons. The van der Waals surface area contributed by atoms with Crippen LogP contribution in [-0.2, 0) is 23.8 Å². The number of alkyl halides is 2. The zero-order valence-electron chi connectivity index (χ0n) is 21.9. The number of aromatic nitrogens is 1. The van der Waals surface area contributed by atoms with E-state index in [0.717, 1.165) is 22.4 Å². The van der Waals surface area contributed by atoms with Crippen molar-refractivity contribution in [3.05, 3.63) is 72.6 Å². The van der Waals surface area contributed by atoms with Crippen LogP contribution in [0.1, 0.15) is 19.4 Å². The van der Waals surface area contributed by atoms with Gasteiger partial charge in [-0.3, -0.25) is 0 Å². The molecule has 10 heteroatoms. The molecular weight excluding hydrogens is 498 g/mol. The Morgan fingerprint density at radius 2 is 1.53 bits per heavy atom. The summed E-state index contributed by atoms with van der Waals surface area (Å²) < 4.78 is 55.1. The van der Waals surface area contributed by atoms with E-state index in [0.29, 0.717) is 6.92 Å². The summed E-state index contributed by atoms with van der Waals surface area (Å²) in [6, 6.07) is 16.2. The first kappa shape index (κ1) is 27.7. The van der Waals surface area contributed by atoms with Crippen molar-refractivity contribution < 1.29 is 37.3 Å². The van der Waals surface area contributed by atoms with Gasteiger partial charge in [0, 0.05) is 46.3 Å². The molecule has 0 unspecified atom stereocenters. The Bertz CT molecular complexity index is 1190. The van der Waals surface area contributed by atoms with Crippen molar-refractivity contribution in [2.75, 3.05) is 21.3 Å². The summed E-state index contributed by atoms with van der Waals surface area (Å²) in [6.45, 7) is 2.59. The molecule has 0 amide bonds. The van der Waals surface area contributed by atoms with Crippen LogP contribution in [0.3, 0.4) is 0 Å². The highest BCUT2D eigenvalue weighted by molar-refractivity contribution is 5.80. The molecule has 0 saturated carbocycles. The molecule has 0 spiro atoms. The van der Waals surface area contributed by atoms with Gasteiger partial charge in [0.2, 0.25) is 0 Å². The number of oxime groups is 1. The molecule has 1 aliphatic rings. The third kappa shape index (κ3) is 6.57. The average Bonchev–Trinajstić information content (AvgIpc) is 3.38. The number of rotatable bonds is 10. The summed E-state index contributed by atoms with van der Waals surface area (Å²) in [5, 5.41) is 4.11. The van der Waals surface area contributed by atoms with Crippen LogP contribution in [0.5, 0.6) is 5.75 Å². The van der Waals surface area contributed by atoms with E-state index in [1.807, 2.05) is 54.2 Å². The van der Waals surface area contributed by atoms with E-state index in [9.17, 15) is 8.78 Å². The Balaban J connectivity index is 1.38. The maximum atomic E-state index is 13.0. The fraction of sp³-hybridized carbons (Fsp3) is 0.393. The van der Waals surface area contributed by atoms with Crippen LogP contribution in [0.15, 0.2) is 72.1 Å². The molecule has 8 nitrogen and oxygen atoms in total. The van der Waals surface area contributed by atoms with Gasteiger partial charge in [-0.25, -0.2) is 0 Å². The van der Waals surface area contributed by atoms with E-state index < -0.39 is 18.5 Å². The van der Waals surface area contributed by atoms with Gasteiger partial charge in [-0.05, 0) is 53.9 Å². The van der Waals surface area contributed by atoms with E-state index in [1.165, 1.54) is 12.1 Å². The molecule has 1 aromatic heterocycles. The van der Waals surface area contributed by atoms with E-state index in [1.54, 1.807) is 39.7 Å². The zero-order chi connectivity index (χ0) is 27.3. The first-order valence-corrected chi connectivity index (χ1v) is 12.1. The van der Waals surface area contributed by atoms with Crippen molar-refractivity contribution in [2.45, 2.75) is 50.7 Å². The summed E-state index contributed by atoms with van der Waals surface area (Å²) in [4.78, 5) is 5.62. The second-order valence-electron chi connectivity index (χ2n) is 8.98. The van der Waals surface area contributed by atoms with Crippen LogP contribution in [0, 0.1) is 0 Å². The maximum Gasteiger partial charge on any atom is 0.394 e. The van der Waals surface area contributed by atoms with Crippen LogP contribution in [0.25, 0.3) is 16.8 Å². The highest BCUT2D eigenvalue weighted by Crippen LogP contribution is 2.28. The fourth-order valence-corrected chi connectivity index (χ4v) is 4.43. The molecule has 3 aromatic rings. The first-order valence-electron chi connectivity index (χ1n) is 12.1. The maximum absolute atomic E-state index is 13.0. The van der Waals surface area contributed by atoms with E-state index in [2.05, 4.69) is 9.89 Å². The number of hydrogen-bond acceptors (Lipinski definition) is 7. The fourth-order valence-electron chi connectivity index (χ4n) is 4.43. The topological polar surface area (TPSA) is 72.7 Å². The van der Waals surface area contributed by atoms with Crippen LogP contribution in [-0.4, -0.2) is 68.9 Å². The number of nitrogens with zero attached hydrogens (tertiary/aromatic N) is 2. The van der Waals surface area contributed by atoms with Crippen molar-refractivity contribution in [3.8, 4) is 22.6 Å². The van der Waals surface area contributed by atoms with E-state index >= 15 is 0 Å². The monoisotopic (exact) mass is 530 g/mol. The lowest BCUT2D eigenvalue weighted by atomic mass is 9.99. The Morgan fingerprint density at radius 1 is 0.868 bits per heavy atom. The molecule has 4 rings (SSSR count). The molecule has 5 atom stereocenters.